The van der Waals surface area contributed by atoms with Crippen molar-refractivity contribution in [1.82, 2.24) is 10.6 Å². The highest BCUT2D eigenvalue weighted by Crippen LogP contribution is 2.24. The molecule has 0 aliphatic rings. The second-order valence-corrected chi connectivity index (χ2v) is 7.16. The maximum absolute atomic E-state index is 12.6. The van der Waals surface area contributed by atoms with Crippen LogP contribution in [0.1, 0.15) is 29.9 Å². The Morgan fingerprint density at radius 3 is 2.64 bits per heavy atom. The number of hydrogen-bond acceptors (Lipinski definition) is 5. The lowest BCUT2D eigenvalue weighted by Gasteiger charge is -2.13. The molecule has 0 spiro atoms. The first-order valence-corrected chi connectivity index (χ1v) is 9.85. The molecule has 28 heavy (non-hydrogen) atoms. The summed E-state index contributed by atoms with van der Waals surface area (Å²) in [5.41, 5.74) is 2.33. The van der Waals surface area contributed by atoms with Gasteiger partial charge in [0.05, 0.1) is 5.57 Å². The molecular formula is C21H24N2O4S. The fraction of sp³-hybridized carbons (Fsp3) is 0.286. The smallest absolute Gasteiger partial charge is 0.340 e. The van der Waals surface area contributed by atoms with E-state index in [9.17, 15) is 14.4 Å². The minimum Gasteiger partial charge on any atom is -0.452 e. The second-order valence-electron chi connectivity index (χ2n) is 6.21. The van der Waals surface area contributed by atoms with Crippen molar-refractivity contribution in [2.45, 2.75) is 26.8 Å². The van der Waals surface area contributed by atoms with E-state index in [2.05, 4.69) is 10.6 Å². The molecule has 2 amide bonds. The summed E-state index contributed by atoms with van der Waals surface area (Å²) in [6, 6.07) is 10.7. The number of likely N-dealkylation sites (N-methyl/N-ethyl adjacent to an activating group) is 1. The molecule has 1 aromatic carbocycles. The van der Waals surface area contributed by atoms with Crippen LogP contribution in [-0.2, 0) is 19.1 Å². The summed E-state index contributed by atoms with van der Waals surface area (Å²) in [6.07, 6.45) is 1.75. The maximum Gasteiger partial charge on any atom is 0.340 e. The number of ether oxygens (including phenoxy) is 1. The summed E-state index contributed by atoms with van der Waals surface area (Å²) >= 11 is 1.41. The van der Waals surface area contributed by atoms with Crippen LogP contribution in [0.25, 0.3) is 11.6 Å². The van der Waals surface area contributed by atoms with E-state index in [-0.39, 0.29) is 5.91 Å². The van der Waals surface area contributed by atoms with E-state index >= 15 is 0 Å². The number of hydrogen-bond donors (Lipinski definition) is 2. The van der Waals surface area contributed by atoms with Crippen LogP contribution in [0.15, 0.2) is 41.8 Å². The maximum atomic E-state index is 12.6. The number of benzene rings is 1. The largest absolute Gasteiger partial charge is 0.452 e. The fourth-order valence-corrected chi connectivity index (χ4v) is 3.20. The van der Waals surface area contributed by atoms with Gasteiger partial charge in [0, 0.05) is 11.4 Å². The van der Waals surface area contributed by atoms with Crippen molar-refractivity contribution in [2.75, 3.05) is 13.2 Å². The third kappa shape index (κ3) is 6.35. The average molecular weight is 401 g/mol. The minimum atomic E-state index is -0.703. The predicted octanol–water partition coefficient (Wildman–Crippen LogP) is 2.78. The van der Waals surface area contributed by atoms with Crippen molar-refractivity contribution in [1.29, 1.82) is 0 Å². The molecule has 0 saturated carbocycles. The first-order chi connectivity index (χ1) is 13.4. The third-order valence-corrected chi connectivity index (χ3v) is 4.72. The van der Waals surface area contributed by atoms with Gasteiger partial charge in [-0.25, -0.2) is 4.79 Å². The van der Waals surface area contributed by atoms with Gasteiger partial charge in [-0.05, 0) is 43.9 Å². The zero-order valence-corrected chi connectivity index (χ0v) is 17.0. The van der Waals surface area contributed by atoms with Crippen LogP contribution in [-0.4, -0.2) is 37.0 Å². The monoisotopic (exact) mass is 400 g/mol. The average Bonchev–Trinajstić information content (AvgIpc) is 3.18. The lowest BCUT2D eigenvalue weighted by Crippen LogP contribution is -2.46. The number of thiophene rings is 1. The van der Waals surface area contributed by atoms with Gasteiger partial charge >= 0.3 is 5.97 Å². The van der Waals surface area contributed by atoms with E-state index in [1.807, 2.05) is 48.7 Å². The number of nitrogens with one attached hydrogen (secondary N) is 2. The van der Waals surface area contributed by atoms with Gasteiger partial charge in [-0.1, -0.05) is 35.9 Å². The number of amides is 2. The molecular weight excluding hydrogens is 376 g/mol. The molecule has 0 fully saturated rings. The Hall–Kier alpha value is -2.93. The zero-order valence-electron chi connectivity index (χ0n) is 16.2. The SMILES string of the molecule is CCNC(=O)[C@H](C)NC(=O)COC(=O)/C(=C/c1cccc(C)c1)c1cccs1. The Balaban J connectivity index is 2.06. The number of rotatable bonds is 8. The lowest BCUT2D eigenvalue weighted by atomic mass is 10.1. The Bertz CT molecular complexity index is 859. The van der Waals surface area contributed by atoms with E-state index in [1.54, 1.807) is 19.9 Å². The normalized spacial score (nSPS) is 12.2. The molecule has 7 heteroatoms. The standard InChI is InChI=1S/C21H24N2O4S/c1-4-22-20(25)15(3)23-19(24)13-27-21(26)17(18-9-6-10-28-18)12-16-8-5-7-14(2)11-16/h5-12,15H,4,13H2,1-3H3,(H,22,25)(H,23,24)/b17-12+/t15-/m0/s1. The molecule has 2 rings (SSSR count). The van der Waals surface area contributed by atoms with Crippen molar-refractivity contribution >= 4 is 40.8 Å². The molecule has 1 aromatic heterocycles. The zero-order chi connectivity index (χ0) is 20.5. The molecule has 2 aromatic rings. The number of esters is 1. The van der Waals surface area contributed by atoms with Gasteiger partial charge < -0.3 is 15.4 Å². The van der Waals surface area contributed by atoms with Crippen LogP contribution >= 0.6 is 11.3 Å². The molecule has 0 aliphatic carbocycles. The van der Waals surface area contributed by atoms with E-state index < -0.39 is 24.5 Å². The number of aryl methyl sites for hydroxylation is 1. The Morgan fingerprint density at radius 1 is 1.21 bits per heavy atom. The van der Waals surface area contributed by atoms with Crippen LogP contribution in [0, 0.1) is 6.92 Å². The molecule has 0 bridgehead atoms. The van der Waals surface area contributed by atoms with Crippen LogP contribution in [0.3, 0.4) is 0 Å². The van der Waals surface area contributed by atoms with Gasteiger partial charge in [-0.15, -0.1) is 11.3 Å². The first kappa shape index (κ1) is 21.4. The van der Waals surface area contributed by atoms with Crippen molar-refractivity contribution < 1.29 is 19.1 Å². The van der Waals surface area contributed by atoms with Crippen LogP contribution in [0.2, 0.25) is 0 Å². The first-order valence-electron chi connectivity index (χ1n) is 8.97. The Labute approximate surface area is 168 Å². The summed E-state index contributed by atoms with van der Waals surface area (Å²) in [5, 5.41) is 6.99. The van der Waals surface area contributed by atoms with Crippen molar-refractivity contribution in [2.24, 2.45) is 0 Å². The summed E-state index contributed by atoms with van der Waals surface area (Å²) in [6.45, 7) is 5.35. The lowest BCUT2D eigenvalue weighted by molar-refractivity contribution is -0.143. The molecule has 148 valence electrons. The highest BCUT2D eigenvalue weighted by Gasteiger charge is 2.19. The molecule has 2 N–H and O–H groups in total. The van der Waals surface area contributed by atoms with E-state index in [4.69, 9.17) is 4.74 Å². The van der Waals surface area contributed by atoms with Gasteiger partial charge in [0.25, 0.3) is 5.91 Å². The van der Waals surface area contributed by atoms with E-state index in [0.29, 0.717) is 12.1 Å². The molecule has 1 atom stereocenters. The van der Waals surface area contributed by atoms with Gasteiger partial charge in [0.15, 0.2) is 6.61 Å². The van der Waals surface area contributed by atoms with Crippen LogP contribution in [0.5, 0.6) is 0 Å². The molecule has 6 nitrogen and oxygen atoms in total. The van der Waals surface area contributed by atoms with Gasteiger partial charge in [-0.2, -0.15) is 0 Å². The highest BCUT2D eigenvalue weighted by atomic mass is 32.1. The van der Waals surface area contributed by atoms with E-state index in [1.165, 1.54) is 11.3 Å². The summed E-state index contributed by atoms with van der Waals surface area (Å²) in [4.78, 5) is 37.0. The summed E-state index contributed by atoms with van der Waals surface area (Å²) < 4.78 is 5.19. The Kier molecular flexibility index (Phi) is 7.95. The van der Waals surface area contributed by atoms with Crippen molar-refractivity contribution in [3.05, 3.63) is 57.8 Å². The summed E-state index contributed by atoms with van der Waals surface area (Å²) in [7, 11) is 0. The Morgan fingerprint density at radius 2 is 2.00 bits per heavy atom. The third-order valence-electron chi connectivity index (χ3n) is 3.82. The number of carbonyl (C=O) groups is 3. The van der Waals surface area contributed by atoms with Gasteiger partial charge in [0.2, 0.25) is 5.91 Å². The molecule has 0 unspecified atom stereocenters. The van der Waals surface area contributed by atoms with Crippen LogP contribution in [0.4, 0.5) is 0 Å². The quantitative estimate of drug-likeness (QED) is 0.527. The van der Waals surface area contributed by atoms with Gasteiger partial charge in [0.1, 0.15) is 6.04 Å². The molecule has 0 radical (unpaired) electrons. The topological polar surface area (TPSA) is 84.5 Å². The van der Waals surface area contributed by atoms with Crippen molar-refractivity contribution in [3.63, 3.8) is 0 Å². The predicted molar refractivity (Wildman–Crippen MR) is 111 cm³/mol. The summed E-state index contributed by atoms with van der Waals surface area (Å²) in [5.74, 6) is -1.42. The number of carbonyl (C=O) groups excluding carboxylic acids is 3. The van der Waals surface area contributed by atoms with Crippen LogP contribution < -0.4 is 10.6 Å². The second kappa shape index (κ2) is 10.4. The molecule has 0 saturated heterocycles. The minimum absolute atomic E-state index is 0.291. The fourth-order valence-electron chi connectivity index (χ4n) is 2.47. The highest BCUT2D eigenvalue weighted by molar-refractivity contribution is 7.11. The molecule has 0 aliphatic heterocycles. The van der Waals surface area contributed by atoms with Gasteiger partial charge in [-0.3, -0.25) is 9.59 Å². The van der Waals surface area contributed by atoms with Crippen molar-refractivity contribution in [3.8, 4) is 0 Å². The van der Waals surface area contributed by atoms with E-state index in [0.717, 1.165) is 16.0 Å². The molecule has 1 heterocycles.